The lowest BCUT2D eigenvalue weighted by Crippen LogP contribution is -2.08. The number of nitrogens with two attached hydrogens (primary N) is 1. The van der Waals surface area contributed by atoms with Crippen LogP contribution in [0.5, 0.6) is 0 Å². The number of nitrogen functional groups attached to an aromatic ring is 1. The van der Waals surface area contributed by atoms with Gasteiger partial charge in [-0.2, -0.15) is 4.37 Å². The summed E-state index contributed by atoms with van der Waals surface area (Å²) >= 11 is 2.99. The van der Waals surface area contributed by atoms with Crippen molar-refractivity contribution in [1.29, 1.82) is 0 Å². The lowest BCUT2D eigenvalue weighted by atomic mass is 10.2. The molecule has 0 aliphatic carbocycles. The number of nitrogens with one attached hydrogen (secondary N) is 1. The predicted molar refractivity (Wildman–Crippen MR) is 87.8 cm³/mol. The van der Waals surface area contributed by atoms with Crippen LogP contribution in [0.4, 0.5) is 10.8 Å². The number of thiazole rings is 1. The Bertz CT molecular complexity index is 742. The minimum Gasteiger partial charge on any atom is -0.382 e. The number of aryl methyl sites for hydroxylation is 2. The van der Waals surface area contributed by atoms with Crippen molar-refractivity contribution in [1.82, 2.24) is 18.9 Å². The third kappa shape index (κ3) is 2.91. The fraction of sp³-hybridized carbons (Fsp3) is 0.308. The SMILES string of the molecule is Cc1nc(-c2c(N)nsc2NCCc2nccn2C)cs1. The van der Waals surface area contributed by atoms with Gasteiger partial charge in [-0.25, -0.2) is 9.97 Å². The van der Waals surface area contributed by atoms with Crippen molar-refractivity contribution in [2.75, 3.05) is 17.6 Å². The standard InChI is InChI=1S/C13H16N6S2/c1-8-17-9(7-20-8)11-12(14)18-21-13(11)16-4-3-10-15-5-6-19(10)2/h5-7,16H,3-4H2,1-2H3,(H2,14,18). The maximum atomic E-state index is 5.98. The molecule has 0 saturated carbocycles. The van der Waals surface area contributed by atoms with E-state index >= 15 is 0 Å². The third-order valence-electron chi connectivity index (χ3n) is 3.15. The molecule has 3 heterocycles. The van der Waals surface area contributed by atoms with Gasteiger partial charge in [-0.05, 0) is 18.5 Å². The van der Waals surface area contributed by atoms with E-state index in [2.05, 4.69) is 19.7 Å². The van der Waals surface area contributed by atoms with Crippen LogP contribution in [0.15, 0.2) is 17.8 Å². The number of hydrogen-bond acceptors (Lipinski definition) is 7. The van der Waals surface area contributed by atoms with Crippen LogP contribution in [0, 0.1) is 6.92 Å². The molecule has 3 N–H and O–H groups in total. The highest BCUT2D eigenvalue weighted by molar-refractivity contribution is 7.11. The minimum absolute atomic E-state index is 0.532. The highest BCUT2D eigenvalue weighted by Crippen LogP contribution is 2.36. The zero-order valence-corrected chi connectivity index (χ0v) is 13.5. The maximum Gasteiger partial charge on any atom is 0.148 e. The van der Waals surface area contributed by atoms with Gasteiger partial charge >= 0.3 is 0 Å². The Kier molecular flexibility index (Phi) is 3.89. The van der Waals surface area contributed by atoms with Crippen molar-refractivity contribution in [3.63, 3.8) is 0 Å². The molecule has 0 amide bonds. The summed E-state index contributed by atoms with van der Waals surface area (Å²) in [6.45, 7) is 2.76. The normalized spacial score (nSPS) is 11.0. The largest absolute Gasteiger partial charge is 0.382 e. The molecule has 0 aliphatic rings. The second kappa shape index (κ2) is 5.82. The molecule has 110 valence electrons. The molecule has 3 aromatic rings. The summed E-state index contributed by atoms with van der Waals surface area (Å²) in [6, 6.07) is 0. The van der Waals surface area contributed by atoms with E-state index in [1.54, 1.807) is 11.3 Å². The first-order chi connectivity index (χ1) is 10.1. The first-order valence-electron chi connectivity index (χ1n) is 6.53. The Labute approximate surface area is 130 Å². The molecule has 21 heavy (non-hydrogen) atoms. The van der Waals surface area contributed by atoms with E-state index in [4.69, 9.17) is 5.73 Å². The number of rotatable bonds is 5. The predicted octanol–water partition coefficient (Wildman–Crippen LogP) is 2.55. The molecular weight excluding hydrogens is 304 g/mol. The summed E-state index contributed by atoms with van der Waals surface area (Å²) < 4.78 is 6.26. The Balaban J connectivity index is 1.73. The van der Waals surface area contributed by atoms with Crippen LogP contribution in [0.3, 0.4) is 0 Å². The molecule has 3 aromatic heterocycles. The van der Waals surface area contributed by atoms with Crippen LogP contribution < -0.4 is 11.1 Å². The van der Waals surface area contributed by atoms with Gasteiger partial charge in [-0.1, -0.05) is 0 Å². The smallest absolute Gasteiger partial charge is 0.148 e. The number of imidazole rings is 1. The Hall–Kier alpha value is -1.93. The van der Waals surface area contributed by atoms with Gasteiger partial charge in [0.15, 0.2) is 0 Å². The molecule has 0 bridgehead atoms. The number of anilines is 2. The quantitative estimate of drug-likeness (QED) is 0.755. The van der Waals surface area contributed by atoms with Crippen LogP contribution in [-0.2, 0) is 13.5 Å². The molecule has 0 fully saturated rings. The van der Waals surface area contributed by atoms with Gasteiger partial charge in [0.1, 0.15) is 16.6 Å². The van der Waals surface area contributed by atoms with E-state index in [-0.39, 0.29) is 0 Å². The lowest BCUT2D eigenvalue weighted by molar-refractivity contribution is 0.790. The van der Waals surface area contributed by atoms with Crippen LogP contribution in [0.1, 0.15) is 10.8 Å². The van der Waals surface area contributed by atoms with Crippen molar-refractivity contribution in [3.8, 4) is 11.3 Å². The summed E-state index contributed by atoms with van der Waals surface area (Å²) in [5.41, 5.74) is 7.78. The highest BCUT2D eigenvalue weighted by Gasteiger charge is 2.16. The maximum absolute atomic E-state index is 5.98. The number of hydrogen-bond donors (Lipinski definition) is 2. The average Bonchev–Trinajstić information content (AvgIpc) is 3.13. The van der Waals surface area contributed by atoms with Gasteiger partial charge in [-0.3, -0.25) is 0 Å². The Morgan fingerprint density at radius 1 is 1.43 bits per heavy atom. The van der Waals surface area contributed by atoms with E-state index in [0.717, 1.165) is 40.1 Å². The third-order valence-corrected chi connectivity index (χ3v) is 4.74. The summed E-state index contributed by atoms with van der Waals surface area (Å²) in [5.74, 6) is 1.58. The first kappa shape index (κ1) is 14.0. The lowest BCUT2D eigenvalue weighted by Gasteiger charge is -2.06. The molecule has 3 rings (SSSR count). The van der Waals surface area contributed by atoms with Crippen LogP contribution >= 0.6 is 22.9 Å². The fourth-order valence-corrected chi connectivity index (χ4v) is 3.43. The number of aromatic nitrogens is 4. The van der Waals surface area contributed by atoms with Gasteiger partial charge in [0.25, 0.3) is 0 Å². The van der Waals surface area contributed by atoms with E-state index in [0.29, 0.717) is 5.82 Å². The van der Waals surface area contributed by atoms with E-state index in [1.807, 2.05) is 36.3 Å². The van der Waals surface area contributed by atoms with Gasteiger partial charge in [0, 0.05) is 37.8 Å². The Morgan fingerprint density at radius 2 is 2.29 bits per heavy atom. The van der Waals surface area contributed by atoms with Gasteiger partial charge in [-0.15, -0.1) is 11.3 Å². The summed E-state index contributed by atoms with van der Waals surface area (Å²) in [4.78, 5) is 8.81. The average molecular weight is 320 g/mol. The molecule has 0 unspecified atom stereocenters. The molecule has 0 spiro atoms. The van der Waals surface area contributed by atoms with Crippen LogP contribution in [0.2, 0.25) is 0 Å². The molecule has 6 nitrogen and oxygen atoms in total. The van der Waals surface area contributed by atoms with Crippen molar-refractivity contribution >= 4 is 33.7 Å². The second-order valence-electron chi connectivity index (χ2n) is 4.65. The second-order valence-corrected chi connectivity index (χ2v) is 6.49. The Morgan fingerprint density at radius 3 is 2.95 bits per heavy atom. The monoisotopic (exact) mass is 320 g/mol. The highest BCUT2D eigenvalue weighted by atomic mass is 32.1. The van der Waals surface area contributed by atoms with Crippen molar-refractivity contribution < 1.29 is 0 Å². The zero-order chi connectivity index (χ0) is 14.8. The van der Waals surface area contributed by atoms with Crippen LogP contribution in [-0.4, -0.2) is 25.5 Å². The van der Waals surface area contributed by atoms with E-state index in [1.165, 1.54) is 11.5 Å². The summed E-state index contributed by atoms with van der Waals surface area (Å²) in [5, 5.41) is 7.40. The number of nitrogens with zero attached hydrogens (tertiary/aromatic N) is 4. The molecule has 0 saturated heterocycles. The van der Waals surface area contributed by atoms with E-state index < -0.39 is 0 Å². The van der Waals surface area contributed by atoms with E-state index in [9.17, 15) is 0 Å². The van der Waals surface area contributed by atoms with Crippen molar-refractivity contribution in [2.45, 2.75) is 13.3 Å². The fourth-order valence-electron chi connectivity index (χ4n) is 2.07. The van der Waals surface area contributed by atoms with Crippen LogP contribution in [0.25, 0.3) is 11.3 Å². The molecule has 0 radical (unpaired) electrons. The molecule has 8 heteroatoms. The van der Waals surface area contributed by atoms with Gasteiger partial charge in [0.05, 0.1) is 16.3 Å². The summed E-state index contributed by atoms with van der Waals surface area (Å²) in [6.07, 6.45) is 4.60. The van der Waals surface area contributed by atoms with Crippen molar-refractivity contribution in [3.05, 3.63) is 28.6 Å². The minimum atomic E-state index is 0.532. The first-order valence-corrected chi connectivity index (χ1v) is 8.18. The molecule has 0 atom stereocenters. The van der Waals surface area contributed by atoms with Gasteiger partial charge in [0.2, 0.25) is 0 Å². The van der Waals surface area contributed by atoms with Gasteiger partial charge < -0.3 is 15.6 Å². The molecule has 0 aliphatic heterocycles. The molecular formula is C13H16N6S2. The van der Waals surface area contributed by atoms with Crippen molar-refractivity contribution in [2.24, 2.45) is 7.05 Å². The summed E-state index contributed by atoms with van der Waals surface area (Å²) in [7, 11) is 2.00. The molecule has 0 aromatic carbocycles. The zero-order valence-electron chi connectivity index (χ0n) is 11.8. The topological polar surface area (TPSA) is 81.7 Å².